The van der Waals surface area contributed by atoms with Crippen LogP contribution in [0.4, 0.5) is 30.2 Å². The molecule has 1 amide bonds. The van der Waals surface area contributed by atoms with E-state index in [0.29, 0.717) is 29.6 Å². The number of hydrogen-bond donors (Lipinski definition) is 2. The van der Waals surface area contributed by atoms with Crippen molar-refractivity contribution in [1.29, 1.82) is 0 Å². The van der Waals surface area contributed by atoms with Crippen LogP contribution in [-0.2, 0) is 17.6 Å². The molecular formula is C32H35F3N2O2. The van der Waals surface area contributed by atoms with Gasteiger partial charge in [-0.25, -0.2) is 0 Å². The first-order chi connectivity index (χ1) is 18.8. The van der Waals surface area contributed by atoms with Crippen molar-refractivity contribution in [2.45, 2.75) is 76.5 Å². The van der Waals surface area contributed by atoms with Crippen LogP contribution >= 0.6 is 0 Å². The molecule has 206 valence electrons. The van der Waals surface area contributed by atoms with Crippen molar-refractivity contribution in [1.82, 2.24) is 0 Å². The fourth-order valence-electron chi connectivity index (χ4n) is 5.30. The van der Waals surface area contributed by atoms with E-state index in [9.17, 15) is 18.0 Å². The first-order valence-corrected chi connectivity index (χ1v) is 13.9. The molecule has 2 aliphatic carbocycles. The summed E-state index contributed by atoms with van der Waals surface area (Å²) in [4.78, 5) is 12.5. The van der Waals surface area contributed by atoms with Gasteiger partial charge in [-0.15, -0.1) is 0 Å². The van der Waals surface area contributed by atoms with E-state index in [0.717, 1.165) is 54.0 Å². The van der Waals surface area contributed by atoms with Crippen LogP contribution in [0.1, 0.15) is 80.4 Å². The summed E-state index contributed by atoms with van der Waals surface area (Å²) in [6, 6.07) is 18.7. The van der Waals surface area contributed by atoms with Gasteiger partial charge in [0.25, 0.3) is 0 Å². The van der Waals surface area contributed by atoms with Crippen LogP contribution in [0.25, 0.3) is 0 Å². The van der Waals surface area contributed by atoms with Gasteiger partial charge in [0.05, 0.1) is 5.56 Å². The fraction of sp³-hybridized carbons (Fsp3) is 0.406. The van der Waals surface area contributed by atoms with Crippen molar-refractivity contribution in [2.24, 2.45) is 5.92 Å². The number of ether oxygens (including phenoxy) is 1. The number of benzene rings is 3. The van der Waals surface area contributed by atoms with E-state index in [1.807, 2.05) is 42.5 Å². The third-order valence-electron chi connectivity index (χ3n) is 7.66. The molecule has 0 heterocycles. The third kappa shape index (κ3) is 7.78. The molecule has 3 aromatic carbocycles. The molecule has 2 aliphatic rings. The minimum Gasteiger partial charge on any atom is -0.489 e. The molecule has 0 aliphatic heterocycles. The quantitative estimate of drug-likeness (QED) is 0.272. The Morgan fingerprint density at radius 1 is 0.872 bits per heavy atom. The molecule has 2 N–H and O–H groups in total. The highest BCUT2D eigenvalue weighted by Gasteiger charge is 2.30. The SMILES string of the molecule is O=C(CCC1CCCCC1)Nc1cccc(Nc2ccc(OCc3ccc(C(F)(F)F)cc3)cc2C2CC2)c1. The average molecular weight is 537 g/mol. The topological polar surface area (TPSA) is 50.4 Å². The monoisotopic (exact) mass is 536 g/mol. The minimum absolute atomic E-state index is 0.0611. The number of halogens is 3. The Labute approximate surface area is 228 Å². The summed E-state index contributed by atoms with van der Waals surface area (Å²) in [5.74, 6) is 1.87. The number of nitrogens with one attached hydrogen (secondary N) is 2. The maximum Gasteiger partial charge on any atom is 0.416 e. The lowest BCUT2D eigenvalue weighted by Crippen LogP contribution is -2.14. The van der Waals surface area contributed by atoms with Crippen LogP contribution in [0.3, 0.4) is 0 Å². The highest BCUT2D eigenvalue weighted by molar-refractivity contribution is 5.91. The summed E-state index contributed by atoms with van der Waals surface area (Å²) >= 11 is 0. The predicted octanol–water partition coefficient (Wildman–Crippen LogP) is 9.20. The van der Waals surface area contributed by atoms with Gasteiger partial charge in [-0.1, -0.05) is 50.3 Å². The number of alkyl halides is 3. The van der Waals surface area contributed by atoms with Gasteiger partial charge in [0, 0.05) is 23.5 Å². The van der Waals surface area contributed by atoms with Crippen molar-refractivity contribution < 1.29 is 22.7 Å². The molecule has 0 bridgehead atoms. The number of amides is 1. The zero-order valence-electron chi connectivity index (χ0n) is 22.0. The first kappa shape index (κ1) is 27.1. The van der Waals surface area contributed by atoms with Crippen molar-refractivity contribution in [3.05, 3.63) is 83.4 Å². The zero-order valence-corrected chi connectivity index (χ0v) is 22.0. The van der Waals surface area contributed by atoms with Gasteiger partial charge >= 0.3 is 6.18 Å². The van der Waals surface area contributed by atoms with Gasteiger partial charge in [0.15, 0.2) is 0 Å². The summed E-state index contributed by atoms with van der Waals surface area (Å²) < 4.78 is 44.3. The summed E-state index contributed by atoms with van der Waals surface area (Å²) in [6.07, 6.45) is 5.77. The van der Waals surface area contributed by atoms with Crippen molar-refractivity contribution in [2.75, 3.05) is 10.6 Å². The number of anilines is 3. The van der Waals surface area contributed by atoms with E-state index in [-0.39, 0.29) is 12.5 Å². The molecule has 0 unspecified atom stereocenters. The van der Waals surface area contributed by atoms with Crippen LogP contribution in [0.5, 0.6) is 5.75 Å². The van der Waals surface area contributed by atoms with Crippen LogP contribution in [-0.4, -0.2) is 5.91 Å². The van der Waals surface area contributed by atoms with Gasteiger partial charge in [0.2, 0.25) is 5.91 Å². The van der Waals surface area contributed by atoms with Crippen LogP contribution < -0.4 is 15.4 Å². The molecule has 2 fully saturated rings. The van der Waals surface area contributed by atoms with Gasteiger partial charge in [0.1, 0.15) is 12.4 Å². The van der Waals surface area contributed by atoms with E-state index in [1.54, 1.807) is 0 Å². The Hall–Kier alpha value is -3.48. The lowest BCUT2D eigenvalue weighted by molar-refractivity contribution is -0.137. The van der Waals surface area contributed by atoms with E-state index < -0.39 is 11.7 Å². The van der Waals surface area contributed by atoms with Gasteiger partial charge in [-0.2, -0.15) is 13.2 Å². The molecule has 0 aromatic heterocycles. The molecular weight excluding hydrogens is 501 g/mol. The lowest BCUT2D eigenvalue weighted by Gasteiger charge is -2.21. The Morgan fingerprint density at radius 3 is 2.33 bits per heavy atom. The summed E-state index contributed by atoms with van der Waals surface area (Å²) in [5.41, 5.74) is 3.82. The van der Waals surface area contributed by atoms with E-state index >= 15 is 0 Å². The second kappa shape index (κ2) is 12.1. The standard InChI is InChI=1S/C32H35F3N2O2/c33-32(34,35)25-14-9-23(10-15-25)21-39-28-16-17-30(29(20-28)24-12-13-24)36-26-7-4-8-27(19-26)37-31(38)18-11-22-5-2-1-3-6-22/h4,7-10,14-17,19-20,22,24,36H,1-3,5-6,11-13,18,21H2,(H,37,38). The molecule has 7 heteroatoms. The predicted molar refractivity (Wildman–Crippen MR) is 148 cm³/mol. The van der Waals surface area contributed by atoms with Crippen molar-refractivity contribution in [3.63, 3.8) is 0 Å². The molecule has 0 radical (unpaired) electrons. The Bertz CT molecular complexity index is 1260. The normalized spacial score (nSPS) is 16.1. The van der Waals surface area contributed by atoms with Crippen molar-refractivity contribution >= 4 is 23.0 Å². The third-order valence-corrected chi connectivity index (χ3v) is 7.66. The number of carbonyl (C=O) groups excluding carboxylic acids is 1. The average Bonchev–Trinajstić information content (AvgIpc) is 3.78. The largest absolute Gasteiger partial charge is 0.489 e. The smallest absolute Gasteiger partial charge is 0.416 e. The highest BCUT2D eigenvalue weighted by atomic mass is 19.4. The number of carbonyl (C=O) groups is 1. The minimum atomic E-state index is -4.35. The molecule has 2 saturated carbocycles. The maximum absolute atomic E-state index is 12.8. The Kier molecular flexibility index (Phi) is 8.44. The van der Waals surface area contributed by atoms with E-state index in [1.165, 1.54) is 44.2 Å². The molecule has 39 heavy (non-hydrogen) atoms. The highest BCUT2D eigenvalue weighted by Crippen LogP contribution is 2.45. The number of rotatable bonds is 10. The van der Waals surface area contributed by atoms with E-state index in [4.69, 9.17) is 4.74 Å². The Balaban J connectivity index is 1.19. The summed E-state index contributed by atoms with van der Waals surface area (Å²) in [5, 5.41) is 6.55. The number of hydrogen-bond acceptors (Lipinski definition) is 3. The second-order valence-electron chi connectivity index (χ2n) is 10.8. The Morgan fingerprint density at radius 2 is 1.62 bits per heavy atom. The first-order valence-electron chi connectivity index (χ1n) is 13.9. The van der Waals surface area contributed by atoms with E-state index in [2.05, 4.69) is 10.6 Å². The van der Waals surface area contributed by atoms with Crippen molar-refractivity contribution in [3.8, 4) is 5.75 Å². The zero-order chi connectivity index (χ0) is 27.2. The maximum atomic E-state index is 12.8. The molecule has 0 atom stereocenters. The molecule has 5 rings (SSSR count). The van der Waals surface area contributed by atoms with Crippen LogP contribution in [0, 0.1) is 5.92 Å². The molecule has 0 saturated heterocycles. The second-order valence-corrected chi connectivity index (χ2v) is 10.8. The van der Waals surface area contributed by atoms with Crippen LogP contribution in [0.2, 0.25) is 0 Å². The fourth-order valence-corrected chi connectivity index (χ4v) is 5.30. The molecule has 4 nitrogen and oxygen atoms in total. The lowest BCUT2D eigenvalue weighted by atomic mass is 9.86. The van der Waals surface area contributed by atoms with Crippen LogP contribution in [0.15, 0.2) is 66.7 Å². The molecule has 3 aromatic rings. The summed E-state index contributed by atoms with van der Waals surface area (Å²) in [6.45, 7) is 0.192. The molecule has 0 spiro atoms. The summed E-state index contributed by atoms with van der Waals surface area (Å²) in [7, 11) is 0. The van der Waals surface area contributed by atoms with Gasteiger partial charge in [-0.05, 0) is 90.8 Å². The van der Waals surface area contributed by atoms with Gasteiger partial charge < -0.3 is 15.4 Å². The van der Waals surface area contributed by atoms with Gasteiger partial charge in [-0.3, -0.25) is 4.79 Å².